The van der Waals surface area contributed by atoms with Crippen LogP contribution in [-0.2, 0) is 16.6 Å². The van der Waals surface area contributed by atoms with Gasteiger partial charge in [0.25, 0.3) is 15.9 Å². The fourth-order valence-corrected chi connectivity index (χ4v) is 4.71. The lowest BCUT2D eigenvalue weighted by Crippen LogP contribution is -2.38. The molecule has 1 amide bonds. The number of nitrogens with zero attached hydrogens (tertiary/aromatic N) is 2. The quantitative estimate of drug-likeness (QED) is 0.483. The molecule has 0 atom stereocenters. The van der Waals surface area contributed by atoms with E-state index in [0.717, 1.165) is 10.4 Å². The van der Waals surface area contributed by atoms with Crippen LogP contribution in [0.5, 0.6) is 0 Å². The number of rotatable bonds is 8. The minimum absolute atomic E-state index is 0.128. The Kier molecular flexibility index (Phi) is 6.93. The molecule has 0 bridgehead atoms. The van der Waals surface area contributed by atoms with Crippen LogP contribution in [0.2, 0.25) is 0 Å². The van der Waals surface area contributed by atoms with Crippen molar-refractivity contribution < 1.29 is 30.8 Å². The van der Waals surface area contributed by atoms with Gasteiger partial charge in [-0.25, -0.2) is 8.42 Å². The first-order valence-electron chi connectivity index (χ1n) is 9.68. The number of halogens is 3. The van der Waals surface area contributed by atoms with Gasteiger partial charge >= 0.3 is 6.18 Å². The third-order valence-electron chi connectivity index (χ3n) is 4.58. The number of alkyl halides is 3. The van der Waals surface area contributed by atoms with Gasteiger partial charge in [0.05, 0.1) is 23.4 Å². The number of anilines is 1. The SMILES string of the molecule is CCN(c1ccccc1)S(=O)(=O)c1cccc(C(=O)N(Cc2ccco2)CC(F)(F)F)c1. The van der Waals surface area contributed by atoms with Gasteiger partial charge in [-0.1, -0.05) is 24.3 Å². The van der Waals surface area contributed by atoms with Gasteiger partial charge in [-0.3, -0.25) is 9.10 Å². The summed E-state index contributed by atoms with van der Waals surface area (Å²) in [5.74, 6) is -0.786. The standard InChI is InChI=1S/C22H21F3N2O4S/c1-2-27(18-9-4-3-5-10-18)32(29,30)20-12-6-8-17(14-20)21(28)26(16-22(23,24)25)15-19-11-7-13-31-19/h3-14H,2,15-16H2,1H3. The van der Waals surface area contributed by atoms with Gasteiger partial charge in [-0.15, -0.1) is 0 Å². The Labute approximate surface area is 183 Å². The van der Waals surface area contributed by atoms with Crippen LogP contribution in [0.1, 0.15) is 23.0 Å². The number of carbonyl (C=O) groups excluding carboxylic acids is 1. The lowest BCUT2D eigenvalue weighted by molar-refractivity contribution is -0.142. The lowest BCUT2D eigenvalue weighted by atomic mass is 10.2. The second-order valence-electron chi connectivity index (χ2n) is 6.89. The van der Waals surface area contributed by atoms with Crippen molar-refractivity contribution in [1.29, 1.82) is 0 Å². The number of para-hydroxylation sites is 1. The Morgan fingerprint density at radius 2 is 1.72 bits per heavy atom. The molecule has 6 nitrogen and oxygen atoms in total. The topological polar surface area (TPSA) is 70.8 Å². The number of sulfonamides is 1. The predicted octanol–water partition coefficient (Wildman–Crippen LogP) is 4.70. The second-order valence-corrected chi connectivity index (χ2v) is 8.75. The van der Waals surface area contributed by atoms with E-state index in [2.05, 4.69) is 0 Å². The number of furan rings is 1. The molecule has 3 aromatic rings. The Morgan fingerprint density at radius 1 is 1.00 bits per heavy atom. The summed E-state index contributed by atoms with van der Waals surface area (Å²) < 4.78 is 71.9. The van der Waals surface area contributed by atoms with E-state index in [4.69, 9.17) is 4.42 Å². The van der Waals surface area contributed by atoms with Crippen molar-refractivity contribution in [1.82, 2.24) is 4.90 Å². The molecule has 0 spiro atoms. The molecule has 10 heteroatoms. The highest BCUT2D eigenvalue weighted by Crippen LogP contribution is 2.25. The van der Waals surface area contributed by atoms with Gasteiger partial charge < -0.3 is 9.32 Å². The molecule has 1 aromatic heterocycles. The fraction of sp³-hybridized carbons (Fsp3) is 0.227. The first-order chi connectivity index (χ1) is 15.1. The average molecular weight is 466 g/mol. The van der Waals surface area contributed by atoms with E-state index < -0.39 is 35.2 Å². The maximum absolute atomic E-state index is 13.2. The minimum Gasteiger partial charge on any atom is -0.467 e. The van der Waals surface area contributed by atoms with Crippen molar-refractivity contribution in [3.8, 4) is 0 Å². The van der Waals surface area contributed by atoms with E-state index in [1.807, 2.05) is 0 Å². The highest BCUT2D eigenvalue weighted by molar-refractivity contribution is 7.92. The molecule has 0 N–H and O–H groups in total. The first-order valence-corrected chi connectivity index (χ1v) is 11.1. The first kappa shape index (κ1) is 23.4. The summed E-state index contributed by atoms with van der Waals surface area (Å²) in [6.45, 7) is -0.126. The largest absolute Gasteiger partial charge is 0.467 e. The zero-order valence-electron chi connectivity index (χ0n) is 17.1. The monoisotopic (exact) mass is 466 g/mol. The number of amides is 1. The smallest absolute Gasteiger partial charge is 0.406 e. The van der Waals surface area contributed by atoms with Gasteiger partial charge in [-0.2, -0.15) is 13.2 Å². The van der Waals surface area contributed by atoms with E-state index in [1.165, 1.54) is 36.6 Å². The summed E-state index contributed by atoms with van der Waals surface area (Å²) in [7, 11) is -4.05. The molecule has 170 valence electrons. The molecule has 0 aliphatic rings. The van der Waals surface area contributed by atoms with Crippen molar-refractivity contribution in [2.75, 3.05) is 17.4 Å². The summed E-state index contributed by atoms with van der Waals surface area (Å²) in [5, 5.41) is 0. The summed E-state index contributed by atoms with van der Waals surface area (Å²) in [6.07, 6.45) is -3.35. The predicted molar refractivity (Wildman–Crippen MR) is 113 cm³/mol. The van der Waals surface area contributed by atoms with Gasteiger partial charge in [0, 0.05) is 12.1 Å². The Bertz CT molecular complexity index is 1150. The van der Waals surface area contributed by atoms with Crippen molar-refractivity contribution >= 4 is 21.6 Å². The van der Waals surface area contributed by atoms with Gasteiger partial charge in [0.2, 0.25) is 0 Å². The lowest BCUT2D eigenvalue weighted by Gasteiger charge is -2.25. The van der Waals surface area contributed by atoms with Crippen LogP contribution in [0.15, 0.2) is 82.3 Å². The molecule has 3 rings (SSSR count). The molecule has 0 aliphatic carbocycles. The Morgan fingerprint density at radius 3 is 2.31 bits per heavy atom. The molecule has 0 aliphatic heterocycles. The summed E-state index contributed by atoms with van der Waals surface area (Å²) in [6, 6.07) is 16.4. The van der Waals surface area contributed by atoms with Crippen LogP contribution >= 0.6 is 0 Å². The highest BCUT2D eigenvalue weighted by atomic mass is 32.2. The summed E-state index contributed by atoms with van der Waals surface area (Å²) in [4.78, 5) is 13.3. The second kappa shape index (κ2) is 9.47. The third-order valence-corrected chi connectivity index (χ3v) is 6.48. The third kappa shape index (κ3) is 5.50. The van der Waals surface area contributed by atoms with E-state index in [9.17, 15) is 26.4 Å². The molecule has 0 fully saturated rings. The van der Waals surface area contributed by atoms with Gasteiger partial charge in [-0.05, 0) is 49.4 Å². The minimum atomic E-state index is -4.64. The maximum Gasteiger partial charge on any atom is 0.406 e. The maximum atomic E-state index is 13.2. The van der Waals surface area contributed by atoms with E-state index in [0.29, 0.717) is 10.6 Å². The summed E-state index contributed by atoms with van der Waals surface area (Å²) >= 11 is 0. The van der Waals surface area contributed by atoms with Crippen LogP contribution in [0.4, 0.5) is 18.9 Å². The van der Waals surface area contributed by atoms with E-state index >= 15 is 0 Å². The van der Waals surface area contributed by atoms with Crippen LogP contribution < -0.4 is 4.31 Å². The molecule has 0 saturated heterocycles. The highest BCUT2D eigenvalue weighted by Gasteiger charge is 2.34. The van der Waals surface area contributed by atoms with Gasteiger partial charge in [0.15, 0.2) is 0 Å². The molecule has 32 heavy (non-hydrogen) atoms. The number of hydrogen-bond acceptors (Lipinski definition) is 4. The van der Waals surface area contributed by atoms with Gasteiger partial charge in [0.1, 0.15) is 12.3 Å². The Hall–Kier alpha value is -3.27. The number of carbonyl (C=O) groups is 1. The average Bonchev–Trinajstić information content (AvgIpc) is 3.26. The molecule has 2 aromatic carbocycles. The van der Waals surface area contributed by atoms with Crippen molar-refractivity contribution in [3.63, 3.8) is 0 Å². The van der Waals surface area contributed by atoms with E-state index in [1.54, 1.807) is 37.3 Å². The molecular formula is C22H21F3N2O4S. The zero-order chi connectivity index (χ0) is 23.4. The number of benzene rings is 2. The normalized spacial score (nSPS) is 11.9. The molecule has 1 heterocycles. The molecule has 0 unspecified atom stereocenters. The summed E-state index contributed by atoms with van der Waals surface area (Å²) in [5.41, 5.74) is 0.259. The molecule has 0 saturated carbocycles. The Balaban J connectivity index is 1.94. The van der Waals surface area contributed by atoms with Crippen molar-refractivity contribution in [2.24, 2.45) is 0 Å². The van der Waals surface area contributed by atoms with Crippen LogP contribution in [-0.4, -0.2) is 38.5 Å². The fourth-order valence-electron chi connectivity index (χ4n) is 3.19. The molecular weight excluding hydrogens is 445 g/mol. The van der Waals surface area contributed by atoms with Crippen LogP contribution in [0.3, 0.4) is 0 Å². The van der Waals surface area contributed by atoms with Crippen molar-refractivity contribution in [2.45, 2.75) is 24.5 Å². The van der Waals surface area contributed by atoms with Crippen molar-refractivity contribution in [3.05, 3.63) is 84.3 Å². The van der Waals surface area contributed by atoms with Crippen LogP contribution in [0, 0.1) is 0 Å². The molecule has 0 radical (unpaired) electrons. The van der Waals surface area contributed by atoms with Crippen LogP contribution in [0.25, 0.3) is 0 Å². The number of hydrogen-bond donors (Lipinski definition) is 0. The zero-order valence-corrected chi connectivity index (χ0v) is 17.9. The van der Waals surface area contributed by atoms with E-state index in [-0.39, 0.29) is 22.8 Å².